The van der Waals surface area contributed by atoms with E-state index in [0.717, 1.165) is 40.7 Å². The summed E-state index contributed by atoms with van der Waals surface area (Å²) in [5, 5.41) is 12.0. The van der Waals surface area contributed by atoms with Crippen molar-refractivity contribution in [2.24, 2.45) is 0 Å². The topological polar surface area (TPSA) is 197 Å². The molecule has 0 spiro atoms. The summed E-state index contributed by atoms with van der Waals surface area (Å²) < 4.78 is 13.4. The molecule has 0 saturated carbocycles. The minimum absolute atomic E-state index is 0.0230. The first-order valence-corrected chi connectivity index (χ1v) is 13.1. The van der Waals surface area contributed by atoms with E-state index >= 15 is 0 Å². The predicted octanol–water partition coefficient (Wildman–Crippen LogP) is 3.52. The van der Waals surface area contributed by atoms with Crippen LogP contribution in [-0.2, 0) is 38.2 Å². The number of nitrogens with zero attached hydrogens (tertiary/aromatic N) is 2. The highest BCUT2D eigenvalue weighted by Gasteiger charge is 2.15. The molecule has 4 N–H and O–H groups in total. The van der Waals surface area contributed by atoms with Crippen molar-refractivity contribution >= 4 is 57.2 Å². The van der Waals surface area contributed by atoms with Gasteiger partial charge >= 0.3 is 24.1 Å². The molecule has 0 aliphatic rings. The van der Waals surface area contributed by atoms with Gasteiger partial charge in [-0.2, -0.15) is 9.59 Å². The molecule has 0 fully saturated rings. The number of nitrogens with two attached hydrogens (primary N) is 1. The molecule has 0 unspecified atom stereocenters. The van der Waals surface area contributed by atoms with Gasteiger partial charge in [0.15, 0.2) is 0 Å². The lowest BCUT2D eigenvalue weighted by molar-refractivity contribution is -0.191. The molecule has 2 heterocycles. The van der Waals surface area contributed by atoms with E-state index in [0.29, 0.717) is 11.2 Å². The maximum absolute atomic E-state index is 11.8. The Morgan fingerprint density at radius 1 is 0.826 bits per heavy atom. The van der Waals surface area contributed by atoms with Crippen LogP contribution in [0.1, 0.15) is 18.1 Å². The van der Waals surface area contributed by atoms with Gasteiger partial charge < -0.3 is 30.4 Å². The summed E-state index contributed by atoms with van der Waals surface area (Å²) in [5.74, 6) is 2.77. The number of aliphatic hydroxyl groups is 1. The van der Waals surface area contributed by atoms with Crippen molar-refractivity contribution in [3.8, 4) is 11.8 Å². The van der Waals surface area contributed by atoms with E-state index in [1.54, 1.807) is 25.4 Å². The van der Waals surface area contributed by atoms with Crippen LogP contribution in [0.15, 0.2) is 72.7 Å². The highest BCUT2D eigenvalue weighted by atomic mass is 16.5. The van der Waals surface area contributed by atoms with E-state index in [9.17, 15) is 14.4 Å². The maximum atomic E-state index is 11.8. The Labute approximate surface area is 266 Å². The number of methoxy groups -OCH3 is 3. The Balaban J connectivity index is 0.000000704. The summed E-state index contributed by atoms with van der Waals surface area (Å²) in [4.78, 5) is 58.0. The molecule has 0 saturated heterocycles. The second-order valence-corrected chi connectivity index (χ2v) is 8.35. The number of fused-ring (bicyclic) bond motifs is 2. The minimum atomic E-state index is -0.671. The summed E-state index contributed by atoms with van der Waals surface area (Å²) in [5.41, 5.74) is 11.0. The number of pyridine rings is 2. The molecule has 242 valence electrons. The van der Waals surface area contributed by atoms with Crippen LogP contribution in [0.25, 0.3) is 21.8 Å². The lowest BCUT2D eigenvalue weighted by atomic mass is 10.1. The number of ether oxygens (including phenoxy) is 3. The average Bonchev–Trinajstić information content (AvgIpc) is 3.09. The van der Waals surface area contributed by atoms with Crippen molar-refractivity contribution in [3.05, 3.63) is 83.8 Å². The Bertz CT molecular complexity index is 1700. The van der Waals surface area contributed by atoms with E-state index in [2.05, 4.69) is 48.3 Å². The summed E-state index contributed by atoms with van der Waals surface area (Å²) in [7, 11) is 4.77. The zero-order chi connectivity index (χ0) is 35.1. The molecule has 0 atom stereocenters. The number of nitrogen functional groups attached to an aromatic ring is 1. The minimum Gasteiger partial charge on any atom is -0.466 e. The van der Waals surface area contributed by atoms with E-state index in [-0.39, 0.29) is 11.8 Å². The number of hydrogen-bond donors (Lipinski definition) is 3. The molecule has 46 heavy (non-hydrogen) atoms. The number of anilines is 2. The summed E-state index contributed by atoms with van der Waals surface area (Å²) in [6.07, 6.45) is 4.72. The van der Waals surface area contributed by atoms with Crippen LogP contribution < -0.4 is 11.1 Å². The van der Waals surface area contributed by atoms with Crippen molar-refractivity contribution in [1.82, 2.24) is 9.97 Å². The van der Waals surface area contributed by atoms with Crippen LogP contribution in [0.2, 0.25) is 0 Å². The fraction of sp³-hybridized carbons (Fsp3) is 0.212. The summed E-state index contributed by atoms with van der Waals surface area (Å²) >= 11 is 0. The Morgan fingerprint density at radius 2 is 1.35 bits per heavy atom. The first-order chi connectivity index (χ1) is 22.1. The standard InChI is InChI=1S/C16H16N2O4.C10H10N2.C5H6O2.CO2.CH4O/c1-10-6-7-12(15-11(10)5-4-8-17-15)18-13(16(20)22-3)9-14(19)21-2;1-7-4-5-9(11)10-8(7)3-2-6-12-10;1-3-4-5(6)7-2;2-1-3;1-2/h4-9,18H,1-3H3;2-6H,11H2,1H3;1-2H3;;2H,1H3/b13-9-;;;;. The first-order valence-electron chi connectivity index (χ1n) is 13.1. The van der Waals surface area contributed by atoms with Crippen molar-refractivity contribution < 1.29 is 43.3 Å². The SMILES string of the molecule is CC#CC(=O)OC.CO.COC(=O)/C=C(\Nc1ccc(C)c2cccnc12)C(=O)OC.Cc1ccc(N)c2ncccc12.O=C=O. The van der Waals surface area contributed by atoms with Gasteiger partial charge in [-0.25, -0.2) is 14.4 Å². The Hall–Kier alpha value is -6.09. The van der Waals surface area contributed by atoms with Crippen LogP contribution in [0.5, 0.6) is 0 Å². The quantitative estimate of drug-likeness (QED) is 0.0738. The second kappa shape index (κ2) is 22.4. The monoisotopic (exact) mass is 632 g/mol. The van der Waals surface area contributed by atoms with Gasteiger partial charge in [-0.15, -0.1) is 0 Å². The molecule has 4 aromatic rings. The lowest BCUT2D eigenvalue weighted by Gasteiger charge is -2.12. The number of rotatable bonds is 4. The molecule has 0 radical (unpaired) electrons. The predicted molar refractivity (Wildman–Crippen MR) is 172 cm³/mol. The number of carbonyl (C=O) groups is 3. The third-order valence-corrected chi connectivity index (χ3v) is 5.56. The number of esters is 3. The third kappa shape index (κ3) is 13.0. The van der Waals surface area contributed by atoms with Crippen LogP contribution in [0.4, 0.5) is 11.4 Å². The third-order valence-electron chi connectivity index (χ3n) is 5.56. The van der Waals surface area contributed by atoms with E-state index in [1.165, 1.54) is 26.9 Å². The van der Waals surface area contributed by atoms with Gasteiger partial charge in [-0.1, -0.05) is 30.2 Å². The largest absolute Gasteiger partial charge is 0.466 e. The molecule has 2 aromatic heterocycles. The zero-order valence-electron chi connectivity index (χ0n) is 26.5. The van der Waals surface area contributed by atoms with Gasteiger partial charge in [0, 0.05) is 36.2 Å². The van der Waals surface area contributed by atoms with E-state index in [1.807, 2.05) is 49.4 Å². The van der Waals surface area contributed by atoms with Crippen molar-refractivity contribution in [1.29, 1.82) is 0 Å². The highest BCUT2D eigenvalue weighted by molar-refractivity contribution is 6.02. The molecule has 13 nitrogen and oxygen atoms in total. The first kappa shape index (κ1) is 39.9. The zero-order valence-corrected chi connectivity index (χ0v) is 26.5. The Morgan fingerprint density at radius 3 is 1.80 bits per heavy atom. The maximum Gasteiger partial charge on any atom is 0.384 e. The normalized spacial score (nSPS) is 9.26. The van der Waals surface area contributed by atoms with Gasteiger partial charge in [-0.3, -0.25) is 9.97 Å². The number of benzene rings is 2. The lowest BCUT2D eigenvalue weighted by Crippen LogP contribution is -2.15. The van der Waals surface area contributed by atoms with Crippen LogP contribution in [-0.4, -0.2) is 67.6 Å². The molecule has 0 aliphatic carbocycles. The van der Waals surface area contributed by atoms with Crippen LogP contribution in [0.3, 0.4) is 0 Å². The van der Waals surface area contributed by atoms with Gasteiger partial charge in [0.25, 0.3) is 0 Å². The molecular weight excluding hydrogens is 596 g/mol. The van der Waals surface area contributed by atoms with E-state index < -0.39 is 17.9 Å². The highest BCUT2D eigenvalue weighted by Crippen LogP contribution is 2.25. The smallest absolute Gasteiger partial charge is 0.384 e. The van der Waals surface area contributed by atoms with Crippen molar-refractivity contribution in [2.75, 3.05) is 39.5 Å². The molecule has 2 aromatic carbocycles. The molecular formula is C33H36N4O9. The van der Waals surface area contributed by atoms with Crippen LogP contribution >= 0.6 is 0 Å². The van der Waals surface area contributed by atoms with E-state index in [4.69, 9.17) is 20.4 Å². The molecule has 4 rings (SSSR count). The number of carbonyl (C=O) groups excluding carboxylic acids is 5. The van der Waals surface area contributed by atoms with Crippen molar-refractivity contribution in [3.63, 3.8) is 0 Å². The van der Waals surface area contributed by atoms with Crippen LogP contribution in [0, 0.1) is 25.7 Å². The Kier molecular flexibility index (Phi) is 19.5. The fourth-order valence-electron chi connectivity index (χ4n) is 3.48. The van der Waals surface area contributed by atoms with Gasteiger partial charge in [0.05, 0.1) is 49.8 Å². The molecule has 0 amide bonds. The fourth-order valence-corrected chi connectivity index (χ4v) is 3.48. The summed E-state index contributed by atoms with van der Waals surface area (Å²) in [6, 6.07) is 15.3. The number of hydrogen-bond acceptors (Lipinski definition) is 13. The number of aliphatic hydroxyl groups excluding tert-OH is 1. The molecule has 0 bridgehead atoms. The number of aromatic nitrogens is 2. The number of nitrogens with one attached hydrogen (secondary N) is 1. The second-order valence-electron chi connectivity index (χ2n) is 8.35. The van der Waals surface area contributed by atoms with Crippen molar-refractivity contribution in [2.45, 2.75) is 20.8 Å². The summed E-state index contributed by atoms with van der Waals surface area (Å²) in [6.45, 7) is 5.61. The average molecular weight is 633 g/mol. The van der Waals surface area contributed by atoms with Gasteiger partial charge in [-0.05, 0) is 56.2 Å². The van der Waals surface area contributed by atoms with Gasteiger partial charge in [0.2, 0.25) is 0 Å². The molecule has 0 aliphatic heterocycles. The molecule has 13 heteroatoms. The van der Waals surface area contributed by atoms with Gasteiger partial charge in [0.1, 0.15) is 5.70 Å². The number of aryl methyl sites for hydroxylation is 2.